The van der Waals surface area contributed by atoms with E-state index in [1.54, 1.807) is 0 Å². The van der Waals surface area contributed by atoms with Crippen molar-refractivity contribution in [2.75, 3.05) is 0 Å². The van der Waals surface area contributed by atoms with E-state index in [1.165, 1.54) is 44.9 Å². The van der Waals surface area contributed by atoms with Crippen molar-refractivity contribution in [3.63, 3.8) is 0 Å². The zero-order chi connectivity index (χ0) is 12.8. The van der Waals surface area contributed by atoms with Crippen molar-refractivity contribution in [1.29, 1.82) is 0 Å². The van der Waals surface area contributed by atoms with Crippen LogP contribution < -0.4 is 0 Å². The third-order valence-corrected chi connectivity index (χ3v) is 5.19. The minimum Gasteiger partial charge on any atom is -0.390 e. The predicted molar refractivity (Wildman–Crippen MR) is 74.5 cm³/mol. The van der Waals surface area contributed by atoms with E-state index in [0.717, 1.165) is 38.5 Å². The molecule has 106 valence electrons. The van der Waals surface area contributed by atoms with E-state index in [-0.39, 0.29) is 0 Å². The van der Waals surface area contributed by atoms with Gasteiger partial charge < -0.3 is 10.2 Å². The van der Waals surface area contributed by atoms with Crippen molar-refractivity contribution in [2.45, 2.75) is 95.2 Å². The van der Waals surface area contributed by atoms with Crippen LogP contribution in [0.15, 0.2) is 0 Å². The molecule has 2 saturated carbocycles. The molecule has 0 radical (unpaired) electrons. The third-order valence-electron chi connectivity index (χ3n) is 5.19. The maximum Gasteiger partial charge on any atom is 0.0933 e. The lowest BCUT2D eigenvalue weighted by atomic mass is 9.71. The van der Waals surface area contributed by atoms with Gasteiger partial charge in [0.15, 0.2) is 0 Å². The highest BCUT2D eigenvalue weighted by Gasteiger charge is 2.42. The molecule has 18 heavy (non-hydrogen) atoms. The zero-order valence-electron chi connectivity index (χ0n) is 11.7. The SMILES string of the molecule is OC1CCCCCCC1(O)C1CCCCCCC1. The number of hydrogen-bond donors (Lipinski definition) is 2. The van der Waals surface area contributed by atoms with Gasteiger partial charge in [0.25, 0.3) is 0 Å². The van der Waals surface area contributed by atoms with Crippen molar-refractivity contribution in [3.8, 4) is 0 Å². The van der Waals surface area contributed by atoms with E-state index in [1.807, 2.05) is 0 Å². The average molecular weight is 254 g/mol. The van der Waals surface area contributed by atoms with Gasteiger partial charge in [0, 0.05) is 0 Å². The largest absolute Gasteiger partial charge is 0.390 e. The molecule has 2 N–H and O–H groups in total. The third kappa shape index (κ3) is 3.48. The van der Waals surface area contributed by atoms with Crippen LogP contribution in [0.4, 0.5) is 0 Å². The molecule has 0 spiro atoms. The van der Waals surface area contributed by atoms with Gasteiger partial charge in [-0.25, -0.2) is 0 Å². The summed E-state index contributed by atoms with van der Waals surface area (Å²) in [5, 5.41) is 21.4. The van der Waals surface area contributed by atoms with Crippen molar-refractivity contribution >= 4 is 0 Å². The highest BCUT2D eigenvalue weighted by Crippen LogP contribution is 2.39. The molecule has 0 saturated heterocycles. The second kappa shape index (κ2) is 6.91. The summed E-state index contributed by atoms with van der Waals surface area (Å²) >= 11 is 0. The van der Waals surface area contributed by atoms with E-state index in [0.29, 0.717) is 5.92 Å². The minimum absolute atomic E-state index is 0.339. The smallest absolute Gasteiger partial charge is 0.0933 e. The van der Waals surface area contributed by atoms with Gasteiger partial charge in [0.05, 0.1) is 11.7 Å². The second-order valence-electron chi connectivity index (χ2n) is 6.50. The molecule has 0 aliphatic heterocycles. The highest BCUT2D eigenvalue weighted by atomic mass is 16.3. The lowest BCUT2D eigenvalue weighted by Gasteiger charge is -2.42. The first-order valence-electron chi connectivity index (χ1n) is 8.14. The molecule has 0 aromatic carbocycles. The van der Waals surface area contributed by atoms with Crippen molar-refractivity contribution in [2.24, 2.45) is 5.92 Å². The zero-order valence-corrected chi connectivity index (χ0v) is 11.7. The molecule has 2 rings (SSSR count). The summed E-state index contributed by atoms with van der Waals surface area (Å²) in [6.45, 7) is 0. The Morgan fingerprint density at radius 3 is 1.83 bits per heavy atom. The molecular formula is C16H30O2. The Morgan fingerprint density at radius 2 is 1.17 bits per heavy atom. The average Bonchev–Trinajstić information content (AvgIpc) is 2.30. The number of aliphatic hydroxyl groups is 2. The fraction of sp³-hybridized carbons (Fsp3) is 1.00. The van der Waals surface area contributed by atoms with E-state index in [9.17, 15) is 10.2 Å². The van der Waals surface area contributed by atoms with Crippen LogP contribution in [0.5, 0.6) is 0 Å². The summed E-state index contributed by atoms with van der Waals surface area (Å²) in [6, 6.07) is 0. The molecule has 2 fully saturated rings. The van der Waals surface area contributed by atoms with Crippen LogP contribution >= 0.6 is 0 Å². The molecule has 0 aromatic rings. The molecule has 0 heterocycles. The van der Waals surface area contributed by atoms with E-state index in [2.05, 4.69) is 0 Å². The summed E-state index contributed by atoms with van der Waals surface area (Å²) < 4.78 is 0. The Hall–Kier alpha value is -0.0800. The van der Waals surface area contributed by atoms with Crippen molar-refractivity contribution in [1.82, 2.24) is 0 Å². The number of rotatable bonds is 1. The lowest BCUT2D eigenvalue weighted by Crippen LogP contribution is -2.49. The first kappa shape index (κ1) is 14.3. The van der Waals surface area contributed by atoms with Crippen LogP contribution in [0.25, 0.3) is 0 Å². The minimum atomic E-state index is -0.780. The van der Waals surface area contributed by atoms with E-state index >= 15 is 0 Å². The summed E-state index contributed by atoms with van der Waals surface area (Å²) in [6.07, 6.45) is 14.4. The Labute approximate surface area is 112 Å². The second-order valence-corrected chi connectivity index (χ2v) is 6.50. The quantitative estimate of drug-likeness (QED) is 0.747. The first-order valence-corrected chi connectivity index (χ1v) is 8.14. The van der Waals surface area contributed by atoms with Gasteiger partial charge in [-0.05, 0) is 31.6 Å². The first-order chi connectivity index (χ1) is 8.73. The van der Waals surface area contributed by atoms with Gasteiger partial charge in [-0.1, -0.05) is 57.8 Å². The lowest BCUT2D eigenvalue weighted by molar-refractivity contribution is -0.131. The molecule has 2 unspecified atom stereocenters. The Kier molecular flexibility index (Phi) is 5.50. The number of hydrogen-bond acceptors (Lipinski definition) is 2. The van der Waals surface area contributed by atoms with Crippen molar-refractivity contribution < 1.29 is 10.2 Å². The fourth-order valence-electron chi connectivity index (χ4n) is 3.95. The van der Waals surface area contributed by atoms with Crippen molar-refractivity contribution in [3.05, 3.63) is 0 Å². The van der Waals surface area contributed by atoms with Crippen LogP contribution in [0, 0.1) is 5.92 Å². The maximum absolute atomic E-state index is 11.0. The van der Waals surface area contributed by atoms with Gasteiger partial charge in [-0.15, -0.1) is 0 Å². The highest BCUT2D eigenvalue weighted by molar-refractivity contribution is 4.94. The summed E-state index contributed by atoms with van der Waals surface area (Å²) in [7, 11) is 0. The summed E-state index contributed by atoms with van der Waals surface area (Å²) in [5.41, 5.74) is -0.780. The Morgan fingerprint density at radius 1 is 0.667 bits per heavy atom. The molecule has 0 amide bonds. The van der Waals surface area contributed by atoms with Gasteiger partial charge >= 0.3 is 0 Å². The topological polar surface area (TPSA) is 40.5 Å². The molecule has 2 aliphatic carbocycles. The molecule has 2 aliphatic rings. The molecular weight excluding hydrogens is 224 g/mol. The Bertz CT molecular complexity index is 233. The molecule has 0 aromatic heterocycles. The maximum atomic E-state index is 11.0. The van der Waals surface area contributed by atoms with Gasteiger partial charge in [0.2, 0.25) is 0 Å². The molecule has 2 atom stereocenters. The normalized spacial score (nSPS) is 37.3. The van der Waals surface area contributed by atoms with Gasteiger partial charge in [-0.3, -0.25) is 0 Å². The van der Waals surface area contributed by atoms with Crippen LogP contribution in [-0.4, -0.2) is 21.9 Å². The standard InChI is InChI=1S/C16H30O2/c17-15-12-8-4-5-9-13-16(15,18)14-10-6-2-1-3-7-11-14/h14-15,17-18H,1-13H2. The van der Waals surface area contributed by atoms with E-state index < -0.39 is 11.7 Å². The predicted octanol–water partition coefficient (Wildman–Crippen LogP) is 3.79. The van der Waals surface area contributed by atoms with Crippen LogP contribution in [0.1, 0.15) is 83.5 Å². The number of aliphatic hydroxyl groups excluding tert-OH is 1. The summed E-state index contributed by atoms with van der Waals surface area (Å²) in [5.74, 6) is 0.339. The van der Waals surface area contributed by atoms with Gasteiger partial charge in [-0.2, -0.15) is 0 Å². The van der Waals surface area contributed by atoms with Crippen LogP contribution in [-0.2, 0) is 0 Å². The van der Waals surface area contributed by atoms with Crippen LogP contribution in [0.3, 0.4) is 0 Å². The molecule has 2 nitrogen and oxygen atoms in total. The van der Waals surface area contributed by atoms with E-state index in [4.69, 9.17) is 0 Å². The molecule has 2 heteroatoms. The Balaban J connectivity index is 2.03. The van der Waals surface area contributed by atoms with Crippen LogP contribution in [0.2, 0.25) is 0 Å². The molecule has 0 bridgehead atoms. The summed E-state index contributed by atoms with van der Waals surface area (Å²) in [4.78, 5) is 0. The monoisotopic (exact) mass is 254 g/mol. The van der Waals surface area contributed by atoms with Gasteiger partial charge in [0.1, 0.15) is 0 Å². The fourth-order valence-corrected chi connectivity index (χ4v) is 3.95.